The van der Waals surface area contributed by atoms with Crippen LogP contribution in [0.25, 0.3) is 5.57 Å². The second-order valence-corrected chi connectivity index (χ2v) is 8.09. The van der Waals surface area contributed by atoms with Crippen molar-refractivity contribution < 1.29 is 9.59 Å². The lowest BCUT2D eigenvalue weighted by atomic mass is 9.95. The van der Waals surface area contributed by atoms with Crippen molar-refractivity contribution in [2.45, 2.75) is 19.3 Å². The van der Waals surface area contributed by atoms with E-state index in [2.05, 4.69) is 43.6 Å². The number of carbonyl (C=O) groups is 2. The molecular weight excluding hydrogens is 418 g/mol. The molecule has 2 aliphatic rings. The molecule has 2 aromatic carbocycles. The van der Waals surface area contributed by atoms with Crippen LogP contribution in [0.3, 0.4) is 0 Å². The highest BCUT2D eigenvalue weighted by Crippen LogP contribution is 2.27. The smallest absolute Gasteiger partial charge is 0.260 e. The Bertz CT molecular complexity index is 931. The highest BCUT2D eigenvalue weighted by atomic mass is 79.9. The van der Waals surface area contributed by atoms with Gasteiger partial charge in [0.25, 0.3) is 11.8 Å². The van der Waals surface area contributed by atoms with Crippen molar-refractivity contribution in [2.24, 2.45) is 0 Å². The minimum absolute atomic E-state index is 0.369. The summed E-state index contributed by atoms with van der Waals surface area (Å²) in [6, 6.07) is 13.6. The summed E-state index contributed by atoms with van der Waals surface area (Å²) in [5.74, 6) is -0.766. The van der Waals surface area contributed by atoms with Crippen LogP contribution in [-0.2, 0) is 11.2 Å². The summed E-state index contributed by atoms with van der Waals surface area (Å²) in [4.78, 5) is 26.8. The Morgan fingerprint density at radius 1 is 1.00 bits per heavy atom. The van der Waals surface area contributed by atoms with Gasteiger partial charge in [-0.05, 0) is 68.2 Å². The molecule has 0 saturated carbocycles. The molecule has 0 aliphatic carbocycles. The number of hydrogen-bond donors (Lipinski definition) is 2. The molecule has 2 aromatic rings. The molecule has 2 amide bonds. The van der Waals surface area contributed by atoms with Crippen LogP contribution in [-0.4, -0.2) is 36.3 Å². The molecule has 5 nitrogen and oxygen atoms in total. The minimum Gasteiger partial charge on any atom is -0.361 e. The van der Waals surface area contributed by atoms with Crippen molar-refractivity contribution in [3.63, 3.8) is 0 Å². The Kier molecular flexibility index (Phi) is 5.59. The average molecular weight is 440 g/mol. The van der Waals surface area contributed by atoms with Gasteiger partial charge in [-0.25, -0.2) is 0 Å². The first-order chi connectivity index (χ1) is 13.6. The van der Waals surface area contributed by atoms with Gasteiger partial charge in [0.2, 0.25) is 0 Å². The number of rotatable bonds is 5. The van der Waals surface area contributed by atoms with Gasteiger partial charge >= 0.3 is 0 Å². The van der Waals surface area contributed by atoms with Crippen LogP contribution in [0.1, 0.15) is 34.3 Å². The maximum absolute atomic E-state index is 12.3. The number of anilines is 1. The summed E-state index contributed by atoms with van der Waals surface area (Å²) < 4.78 is 0.821. The van der Waals surface area contributed by atoms with Gasteiger partial charge in [0.15, 0.2) is 0 Å². The Balaban J connectivity index is 1.46. The molecule has 1 fully saturated rings. The van der Waals surface area contributed by atoms with Crippen LogP contribution >= 0.6 is 15.9 Å². The van der Waals surface area contributed by atoms with E-state index in [1.165, 1.54) is 31.5 Å². The molecule has 144 valence electrons. The van der Waals surface area contributed by atoms with Gasteiger partial charge in [-0.2, -0.15) is 0 Å². The second-order valence-electron chi connectivity index (χ2n) is 7.17. The lowest BCUT2D eigenvalue weighted by Crippen LogP contribution is -2.36. The largest absolute Gasteiger partial charge is 0.361 e. The Morgan fingerprint density at radius 2 is 1.75 bits per heavy atom. The average Bonchev–Trinajstić information content (AvgIpc) is 3.20. The molecule has 2 N–H and O–H groups in total. The molecule has 0 unspecified atom stereocenters. The first kappa shape index (κ1) is 18.9. The third-order valence-electron chi connectivity index (χ3n) is 5.24. The Hall–Kier alpha value is -2.44. The summed E-state index contributed by atoms with van der Waals surface area (Å²) in [7, 11) is 0. The predicted molar refractivity (Wildman–Crippen MR) is 114 cm³/mol. The van der Waals surface area contributed by atoms with Crippen molar-refractivity contribution in [2.75, 3.05) is 25.0 Å². The summed E-state index contributed by atoms with van der Waals surface area (Å²) in [5, 5.41) is 5.57. The normalized spacial score (nSPS) is 18.2. The van der Waals surface area contributed by atoms with Gasteiger partial charge < -0.3 is 10.2 Å². The van der Waals surface area contributed by atoms with Gasteiger partial charge in [-0.1, -0.05) is 28.1 Å². The Labute approximate surface area is 172 Å². The molecule has 4 rings (SSSR count). The third kappa shape index (κ3) is 4.18. The van der Waals surface area contributed by atoms with Crippen LogP contribution in [0.15, 0.2) is 53.1 Å². The molecule has 0 aromatic heterocycles. The van der Waals surface area contributed by atoms with Crippen molar-refractivity contribution in [1.82, 2.24) is 10.2 Å². The zero-order valence-electron chi connectivity index (χ0n) is 15.5. The fourth-order valence-corrected chi connectivity index (χ4v) is 4.02. The van der Waals surface area contributed by atoms with Crippen molar-refractivity contribution in [3.05, 3.63) is 69.8 Å². The number of amides is 2. The number of carbonyl (C=O) groups excluding carboxylic acids is 2. The van der Waals surface area contributed by atoms with E-state index < -0.39 is 5.91 Å². The van der Waals surface area contributed by atoms with Crippen LogP contribution in [0, 0.1) is 0 Å². The van der Waals surface area contributed by atoms with Gasteiger partial charge in [0.05, 0.1) is 5.57 Å². The highest BCUT2D eigenvalue weighted by Gasteiger charge is 2.27. The standard InChI is InChI=1S/C22H22BrN3O2/c23-16-5-8-18-19(13-16)20(22(28)25-21(18)27)14-24-17-6-3-15(4-7-17)9-12-26-10-1-2-11-26/h3-8,13-14,24H,1-2,9-12H2,(H,25,27,28)/b20-14+. The van der Waals surface area contributed by atoms with Crippen molar-refractivity contribution in [3.8, 4) is 0 Å². The van der Waals surface area contributed by atoms with Crippen LogP contribution in [0.4, 0.5) is 5.69 Å². The molecule has 0 bridgehead atoms. The van der Waals surface area contributed by atoms with E-state index in [0.717, 1.165) is 23.1 Å². The molecule has 28 heavy (non-hydrogen) atoms. The number of halogens is 1. The molecule has 2 heterocycles. The number of likely N-dealkylation sites (tertiary alicyclic amines) is 1. The van der Waals surface area contributed by atoms with E-state index in [4.69, 9.17) is 0 Å². The van der Waals surface area contributed by atoms with E-state index in [1.807, 2.05) is 12.1 Å². The summed E-state index contributed by atoms with van der Waals surface area (Å²) >= 11 is 3.41. The predicted octanol–water partition coefficient (Wildman–Crippen LogP) is 3.81. The molecule has 0 spiro atoms. The van der Waals surface area contributed by atoms with E-state index in [-0.39, 0.29) is 5.91 Å². The number of imide groups is 1. The first-order valence-electron chi connectivity index (χ1n) is 9.54. The van der Waals surface area contributed by atoms with Crippen LogP contribution in [0.5, 0.6) is 0 Å². The fraction of sp³-hybridized carbons (Fsp3) is 0.273. The maximum atomic E-state index is 12.3. The number of hydrogen-bond acceptors (Lipinski definition) is 4. The quantitative estimate of drug-likeness (QED) is 0.549. The van der Waals surface area contributed by atoms with E-state index in [1.54, 1.807) is 24.4 Å². The van der Waals surface area contributed by atoms with Gasteiger partial charge in [-0.3, -0.25) is 14.9 Å². The number of benzene rings is 2. The molecular formula is C22H22BrN3O2. The van der Waals surface area contributed by atoms with Crippen molar-refractivity contribution in [1.29, 1.82) is 0 Å². The van der Waals surface area contributed by atoms with Crippen LogP contribution in [0.2, 0.25) is 0 Å². The highest BCUT2D eigenvalue weighted by molar-refractivity contribution is 9.10. The lowest BCUT2D eigenvalue weighted by Gasteiger charge is -2.18. The SMILES string of the molecule is O=C1NC(=O)c2ccc(Br)cc2/C1=C\Nc1ccc(CCN2CCCC2)cc1. The maximum Gasteiger partial charge on any atom is 0.260 e. The van der Waals surface area contributed by atoms with Gasteiger partial charge in [0, 0.05) is 34.0 Å². The molecule has 2 aliphatic heterocycles. The topological polar surface area (TPSA) is 61.4 Å². The summed E-state index contributed by atoms with van der Waals surface area (Å²) in [5.41, 5.74) is 3.76. The zero-order valence-corrected chi connectivity index (χ0v) is 17.1. The number of nitrogens with zero attached hydrogens (tertiary/aromatic N) is 1. The van der Waals surface area contributed by atoms with Gasteiger partial charge in [-0.15, -0.1) is 0 Å². The van der Waals surface area contributed by atoms with E-state index >= 15 is 0 Å². The lowest BCUT2D eigenvalue weighted by molar-refractivity contribution is -0.114. The summed E-state index contributed by atoms with van der Waals surface area (Å²) in [6.45, 7) is 3.54. The van der Waals surface area contributed by atoms with E-state index in [9.17, 15) is 9.59 Å². The number of nitrogens with one attached hydrogen (secondary N) is 2. The molecule has 0 radical (unpaired) electrons. The third-order valence-corrected chi connectivity index (χ3v) is 5.73. The fourth-order valence-electron chi connectivity index (χ4n) is 3.66. The van der Waals surface area contributed by atoms with Gasteiger partial charge in [0.1, 0.15) is 0 Å². The minimum atomic E-state index is -0.398. The second kappa shape index (κ2) is 8.29. The number of fused-ring (bicyclic) bond motifs is 1. The molecule has 6 heteroatoms. The molecule has 0 atom stereocenters. The van der Waals surface area contributed by atoms with Crippen LogP contribution < -0.4 is 10.6 Å². The zero-order chi connectivity index (χ0) is 19.5. The Morgan fingerprint density at radius 3 is 2.50 bits per heavy atom. The van der Waals surface area contributed by atoms with Crippen molar-refractivity contribution >= 4 is 39.0 Å². The first-order valence-corrected chi connectivity index (χ1v) is 10.3. The monoisotopic (exact) mass is 439 g/mol. The molecule has 1 saturated heterocycles. The summed E-state index contributed by atoms with van der Waals surface area (Å²) in [6.07, 6.45) is 5.34. The van der Waals surface area contributed by atoms with E-state index in [0.29, 0.717) is 16.7 Å².